The van der Waals surface area contributed by atoms with E-state index in [-0.39, 0.29) is 5.41 Å². The molecule has 3 heteroatoms. The highest BCUT2D eigenvalue weighted by Crippen LogP contribution is 2.64. The standard InChI is InChI=1S/C16H21NOS/c1-17(9-11-2-3-19-10-11)15(18)16-6-12-4-13(7-16)14(5-12)8-16/h2-3,10,12-14H,4-9H2,1H3. The van der Waals surface area contributed by atoms with Crippen LogP contribution in [-0.4, -0.2) is 17.9 Å². The number of thiophene rings is 1. The zero-order valence-corrected chi connectivity index (χ0v) is 12.3. The van der Waals surface area contributed by atoms with E-state index in [1.807, 2.05) is 11.9 Å². The lowest BCUT2D eigenvalue weighted by molar-refractivity contribution is -0.144. The van der Waals surface area contributed by atoms with Crippen molar-refractivity contribution in [2.24, 2.45) is 23.2 Å². The molecule has 1 heterocycles. The molecule has 1 aromatic rings. The predicted molar refractivity (Wildman–Crippen MR) is 76.8 cm³/mol. The van der Waals surface area contributed by atoms with E-state index >= 15 is 0 Å². The summed E-state index contributed by atoms with van der Waals surface area (Å²) in [6, 6.07) is 2.13. The van der Waals surface area contributed by atoms with Crippen molar-refractivity contribution in [3.8, 4) is 0 Å². The van der Waals surface area contributed by atoms with Gasteiger partial charge in [-0.3, -0.25) is 4.79 Å². The monoisotopic (exact) mass is 275 g/mol. The maximum atomic E-state index is 12.9. The zero-order valence-electron chi connectivity index (χ0n) is 11.5. The van der Waals surface area contributed by atoms with Crippen LogP contribution in [0.5, 0.6) is 0 Å². The summed E-state index contributed by atoms with van der Waals surface area (Å²) >= 11 is 1.71. The Morgan fingerprint density at radius 3 is 2.68 bits per heavy atom. The summed E-state index contributed by atoms with van der Waals surface area (Å²) in [5, 5.41) is 4.24. The molecule has 2 unspecified atom stereocenters. The third-order valence-electron chi connectivity index (χ3n) is 5.72. The van der Waals surface area contributed by atoms with Crippen molar-refractivity contribution in [2.75, 3.05) is 7.05 Å². The molecular formula is C16H21NOS. The second-order valence-electron chi connectivity index (χ2n) is 7.04. The molecule has 2 atom stereocenters. The van der Waals surface area contributed by atoms with E-state index in [0.29, 0.717) is 5.91 Å². The molecule has 19 heavy (non-hydrogen) atoms. The topological polar surface area (TPSA) is 20.3 Å². The van der Waals surface area contributed by atoms with Gasteiger partial charge in [-0.1, -0.05) is 0 Å². The summed E-state index contributed by atoms with van der Waals surface area (Å²) in [7, 11) is 1.99. The van der Waals surface area contributed by atoms with Gasteiger partial charge in [0.05, 0.1) is 5.41 Å². The third kappa shape index (κ3) is 1.78. The van der Waals surface area contributed by atoms with Gasteiger partial charge in [0.1, 0.15) is 0 Å². The fourth-order valence-corrected chi connectivity index (χ4v) is 5.87. The van der Waals surface area contributed by atoms with Crippen LogP contribution < -0.4 is 0 Å². The van der Waals surface area contributed by atoms with E-state index < -0.39 is 0 Å². The third-order valence-corrected chi connectivity index (χ3v) is 6.46. The fourth-order valence-electron chi connectivity index (χ4n) is 5.21. The van der Waals surface area contributed by atoms with Gasteiger partial charge in [0.2, 0.25) is 5.91 Å². The van der Waals surface area contributed by atoms with Crippen molar-refractivity contribution in [1.82, 2.24) is 4.90 Å². The molecule has 0 spiro atoms. The summed E-state index contributed by atoms with van der Waals surface area (Å²) in [6.45, 7) is 0.782. The normalized spacial score (nSPS) is 38.9. The van der Waals surface area contributed by atoms with Crippen molar-refractivity contribution in [3.63, 3.8) is 0 Å². The first-order valence-corrected chi connectivity index (χ1v) is 8.37. The van der Waals surface area contributed by atoms with Crippen molar-refractivity contribution >= 4 is 17.2 Å². The molecule has 4 saturated carbocycles. The van der Waals surface area contributed by atoms with Gasteiger partial charge in [0.25, 0.3) is 0 Å². The molecule has 102 valence electrons. The van der Waals surface area contributed by atoms with Crippen molar-refractivity contribution in [2.45, 2.75) is 38.6 Å². The van der Waals surface area contributed by atoms with Gasteiger partial charge in [-0.05, 0) is 72.2 Å². The van der Waals surface area contributed by atoms with E-state index in [9.17, 15) is 4.79 Å². The first-order chi connectivity index (χ1) is 9.16. The summed E-state index contributed by atoms with van der Waals surface area (Å²) in [6.07, 6.45) is 6.36. The second kappa shape index (κ2) is 4.08. The summed E-state index contributed by atoms with van der Waals surface area (Å²) in [4.78, 5) is 14.9. The van der Waals surface area contributed by atoms with Crippen molar-refractivity contribution in [3.05, 3.63) is 22.4 Å². The van der Waals surface area contributed by atoms with E-state index in [1.54, 1.807) is 11.3 Å². The van der Waals surface area contributed by atoms with E-state index in [1.165, 1.54) is 37.7 Å². The molecule has 0 aliphatic heterocycles. The highest BCUT2D eigenvalue weighted by molar-refractivity contribution is 7.07. The van der Waals surface area contributed by atoms with Crippen LogP contribution in [0.3, 0.4) is 0 Å². The average Bonchev–Trinajstić information content (AvgIpc) is 3.03. The Bertz CT molecular complexity index is 475. The van der Waals surface area contributed by atoms with E-state index in [4.69, 9.17) is 0 Å². The lowest BCUT2D eigenvalue weighted by atomic mass is 9.68. The number of carbonyl (C=O) groups excluding carboxylic acids is 1. The van der Waals surface area contributed by atoms with Crippen molar-refractivity contribution < 1.29 is 4.79 Å². The predicted octanol–water partition coefficient (Wildman–Crippen LogP) is 3.53. The van der Waals surface area contributed by atoms with Gasteiger partial charge in [-0.25, -0.2) is 0 Å². The molecule has 0 N–H and O–H groups in total. The molecule has 0 saturated heterocycles. The number of hydrogen-bond donors (Lipinski definition) is 0. The van der Waals surface area contributed by atoms with E-state index in [2.05, 4.69) is 16.8 Å². The maximum Gasteiger partial charge on any atom is 0.228 e. The first kappa shape index (κ1) is 12.0. The molecule has 4 bridgehead atoms. The van der Waals surface area contributed by atoms with Gasteiger partial charge < -0.3 is 4.90 Å². The smallest absolute Gasteiger partial charge is 0.228 e. The molecule has 4 aliphatic carbocycles. The number of carbonyl (C=O) groups is 1. The van der Waals surface area contributed by atoms with Gasteiger partial charge >= 0.3 is 0 Å². The zero-order chi connectivity index (χ0) is 13.0. The van der Waals surface area contributed by atoms with Gasteiger partial charge in [0, 0.05) is 13.6 Å². The molecule has 4 aliphatic rings. The van der Waals surface area contributed by atoms with Crippen LogP contribution in [0.2, 0.25) is 0 Å². The van der Waals surface area contributed by atoms with Crippen LogP contribution in [0.15, 0.2) is 16.8 Å². The van der Waals surface area contributed by atoms with Crippen LogP contribution in [0, 0.1) is 23.2 Å². The number of hydrogen-bond acceptors (Lipinski definition) is 2. The highest BCUT2D eigenvalue weighted by Gasteiger charge is 2.59. The largest absolute Gasteiger partial charge is 0.341 e. The number of nitrogens with zero attached hydrogens (tertiary/aromatic N) is 1. The quantitative estimate of drug-likeness (QED) is 0.826. The fraction of sp³-hybridized carbons (Fsp3) is 0.688. The molecule has 2 nitrogen and oxygen atoms in total. The van der Waals surface area contributed by atoms with Crippen LogP contribution in [0.4, 0.5) is 0 Å². The SMILES string of the molecule is CN(Cc1ccsc1)C(=O)C12CC3CC(C1)C(C3)C2. The minimum absolute atomic E-state index is 0.0290. The average molecular weight is 275 g/mol. The molecular weight excluding hydrogens is 254 g/mol. The Labute approximate surface area is 118 Å². The van der Waals surface area contributed by atoms with Gasteiger partial charge in [0.15, 0.2) is 0 Å². The number of rotatable bonds is 3. The van der Waals surface area contributed by atoms with Crippen LogP contribution in [0.25, 0.3) is 0 Å². The van der Waals surface area contributed by atoms with Crippen LogP contribution in [0.1, 0.15) is 37.7 Å². The Morgan fingerprint density at radius 2 is 2.11 bits per heavy atom. The molecule has 0 radical (unpaired) electrons. The van der Waals surface area contributed by atoms with Crippen LogP contribution in [-0.2, 0) is 11.3 Å². The number of amides is 1. The van der Waals surface area contributed by atoms with Gasteiger partial charge in [-0.2, -0.15) is 11.3 Å². The summed E-state index contributed by atoms with van der Waals surface area (Å²) < 4.78 is 0. The Hall–Kier alpha value is -0.830. The van der Waals surface area contributed by atoms with Crippen LogP contribution >= 0.6 is 11.3 Å². The first-order valence-electron chi connectivity index (χ1n) is 7.43. The summed E-state index contributed by atoms with van der Waals surface area (Å²) in [5.74, 6) is 3.03. The Kier molecular flexibility index (Phi) is 2.57. The molecule has 0 aromatic carbocycles. The minimum atomic E-state index is 0.0290. The lowest BCUT2D eigenvalue weighted by Crippen LogP contribution is -2.43. The summed E-state index contributed by atoms with van der Waals surface area (Å²) in [5.41, 5.74) is 1.30. The minimum Gasteiger partial charge on any atom is -0.341 e. The molecule has 4 fully saturated rings. The van der Waals surface area contributed by atoms with Crippen molar-refractivity contribution in [1.29, 1.82) is 0 Å². The Balaban J connectivity index is 1.51. The molecule has 1 amide bonds. The highest BCUT2D eigenvalue weighted by atomic mass is 32.1. The lowest BCUT2D eigenvalue weighted by Gasteiger charge is -2.39. The van der Waals surface area contributed by atoms with E-state index in [0.717, 1.165) is 24.3 Å². The molecule has 5 rings (SSSR count). The second-order valence-corrected chi connectivity index (χ2v) is 7.82. The molecule has 1 aromatic heterocycles. The van der Waals surface area contributed by atoms with Gasteiger partial charge in [-0.15, -0.1) is 0 Å². The maximum absolute atomic E-state index is 12.9. The Morgan fingerprint density at radius 1 is 1.37 bits per heavy atom.